The molecule has 4 saturated heterocycles. The van der Waals surface area contributed by atoms with Crippen LogP contribution in [-0.2, 0) is 17.9 Å². The zero-order chi connectivity index (χ0) is 56.6. The fraction of sp³-hybridized carbons (Fsp3) is 0.508. The lowest BCUT2D eigenvalue weighted by Crippen LogP contribution is -2.52. The molecule has 2 aromatic carbocycles. The van der Waals surface area contributed by atoms with E-state index in [0.717, 1.165) is 149 Å². The SMILES string of the molecule is CC(C)n1cnc2c(NCc3ccccc3-n3ccc(C(C(=O)C(c4ccn(-c5ccccc5CNc5nc(N6CCC(N)CC6)nc6c5ncn6C(C)C)n4)N4CCN(C)CC4)N4CCN(C)CC4)n3)nc(N3CCC(N)CC3)nc21. The molecule has 82 heavy (non-hydrogen) atoms. The van der Waals surface area contributed by atoms with E-state index in [2.05, 4.69) is 115 Å². The van der Waals surface area contributed by atoms with Gasteiger partial charge in [-0.1, -0.05) is 36.4 Å². The van der Waals surface area contributed by atoms with Crippen molar-refractivity contribution in [1.29, 1.82) is 0 Å². The summed E-state index contributed by atoms with van der Waals surface area (Å²) in [6, 6.07) is 20.0. The average Bonchev–Trinajstić information content (AvgIpc) is 4.46. The number of nitrogens with two attached hydrogens (primary N) is 2. The minimum absolute atomic E-state index is 0.0646. The van der Waals surface area contributed by atoms with E-state index in [4.69, 9.17) is 51.6 Å². The Kier molecular flexibility index (Phi) is 16.0. The molecule has 6 aromatic heterocycles. The van der Waals surface area contributed by atoms with E-state index in [1.807, 2.05) is 70.8 Å². The molecule has 0 aliphatic carbocycles. The van der Waals surface area contributed by atoms with Gasteiger partial charge in [-0.15, -0.1) is 0 Å². The first-order valence-corrected chi connectivity index (χ1v) is 29.5. The van der Waals surface area contributed by atoms with Crippen LogP contribution in [0.4, 0.5) is 23.5 Å². The summed E-state index contributed by atoms with van der Waals surface area (Å²) >= 11 is 0. The van der Waals surface area contributed by atoms with E-state index >= 15 is 4.79 Å². The standard InChI is InChI=1S/C59H80N22O/c1-39(2)78-37-64-49-54(66-58(68-56(49)78)76-21-15-43(60)16-22-76)62-35-41-11-7-9-13-47(41)80-25-19-45(70-80)51(74-31-27-72(5)28-32-74)53(82)52(75-33-29-73(6)30-34-75)46-20-26-81(71-46)48-14-10-8-12-42(48)36-63-55-50-57(79(38-65-50)40(3)4)69-59(67-55)77-23-17-44(61)18-24-77/h7-14,19-20,25-26,37-40,43-44,51-52H,15-18,21-24,27-36,60-61H2,1-6H3,(H,62,66,68)(H,63,67,69). The molecule has 2 unspecified atom stereocenters. The molecule has 0 amide bonds. The van der Waals surface area contributed by atoms with E-state index in [1.165, 1.54) is 0 Å². The third kappa shape index (κ3) is 11.4. The van der Waals surface area contributed by atoms with Gasteiger partial charge in [0.25, 0.3) is 0 Å². The highest BCUT2D eigenvalue weighted by Gasteiger charge is 2.41. The number of para-hydroxylation sites is 2. The number of nitrogens with one attached hydrogen (secondary N) is 2. The van der Waals surface area contributed by atoms with Crippen LogP contribution >= 0.6 is 0 Å². The van der Waals surface area contributed by atoms with Crippen LogP contribution in [0.3, 0.4) is 0 Å². The molecule has 4 fully saturated rings. The highest BCUT2D eigenvalue weighted by molar-refractivity contribution is 5.91. The molecule has 4 aliphatic heterocycles. The summed E-state index contributed by atoms with van der Waals surface area (Å²) in [6.07, 6.45) is 11.3. The molecule has 8 aromatic rings. The van der Waals surface area contributed by atoms with Crippen molar-refractivity contribution < 1.29 is 4.79 Å². The number of piperidine rings is 2. The van der Waals surface area contributed by atoms with Crippen molar-refractivity contribution in [3.8, 4) is 11.4 Å². The quantitative estimate of drug-likeness (QED) is 0.0839. The van der Waals surface area contributed by atoms with Crippen LogP contribution < -0.4 is 31.9 Å². The highest BCUT2D eigenvalue weighted by atomic mass is 16.1. The van der Waals surface area contributed by atoms with Gasteiger partial charge in [0.1, 0.15) is 12.1 Å². The van der Waals surface area contributed by atoms with Gasteiger partial charge in [0.05, 0.1) is 35.4 Å². The Morgan fingerprint density at radius 1 is 0.537 bits per heavy atom. The topological polar surface area (TPSA) is 235 Å². The molecule has 12 rings (SSSR count). The second-order valence-corrected chi connectivity index (χ2v) is 23.4. The number of likely N-dealkylation sites (N-methyl/N-ethyl adjacent to an activating group) is 2. The summed E-state index contributed by atoms with van der Waals surface area (Å²) in [7, 11) is 4.29. The fourth-order valence-electron chi connectivity index (χ4n) is 12.0. The first-order chi connectivity index (χ1) is 39.8. The van der Waals surface area contributed by atoms with Crippen molar-refractivity contribution in [3.05, 3.63) is 108 Å². The maximum absolute atomic E-state index is 16.1. The fourth-order valence-corrected chi connectivity index (χ4v) is 12.0. The van der Waals surface area contributed by atoms with Crippen LogP contribution in [0.15, 0.2) is 85.7 Å². The van der Waals surface area contributed by atoms with Gasteiger partial charge in [0.15, 0.2) is 39.7 Å². The number of carbonyl (C=O) groups is 1. The number of nitrogens with zero attached hydrogens (tertiary/aromatic N) is 18. The number of imidazole rings is 2. The number of aromatic nitrogens is 12. The third-order valence-corrected chi connectivity index (χ3v) is 17.1. The molecule has 0 bridgehead atoms. The number of Topliss-reactive ketones (excluding diaryl/α,β-unsaturated/α-hetero) is 1. The van der Waals surface area contributed by atoms with Crippen molar-refractivity contribution in [3.63, 3.8) is 0 Å². The molecule has 0 radical (unpaired) electrons. The lowest BCUT2D eigenvalue weighted by Gasteiger charge is -2.41. The van der Waals surface area contributed by atoms with Crippen LogP contribution in [0.5, 0.6) is 0 Å². The monoisotopic (exact) mass is 1110 g/mol. The Bertz CT molecular complexity index is 3250. The smallest absolute Gasteiger partial charge is 0.229 e. The molecule has 0 saturated carbocycles. The molecule has 10 heterocycles. The third-order valence-electron chi connectivity index (χ3n) is 17.1. The molecule has 4 aliphatic rings. The van der Waals surface area contributed by atoms with Gasteiger partial charge in [0, 0.05) is 128 Å². The summed E-state index contributed by atoms with van der Waals surface area (Å²) in [6.45, 7) is 18.9. The molecule has 432 valence electrons. The molecule has 23 heteroatoms. The van der Waals surface area contributed by atoms with Gasteiger partial charge in [0.2, 0.25) is 11.9 Å². The first-order valence-electron chi connectivity index (χ1n) is 29.5. The Balaban J connectivity index is 0.838. The number of fused-ring (bicyclic) bond motifs is 2. The Morgan fingerprint density at radius 3 is 1.32 bits per heavy atom. The number of rotatable bonds is 18. The van der Waals surface area contributed by atoms with Crippen LogP contribution in [-0.4, -0.2) is 189 Å². The van der Waals surface area contributed by atoms with E-state index < -0.39 is 12.1 Å². The summed E-state index contributed by atoms with van der Waals surface area (Å²) in [5, 5.41) is 18.0. The average molecular weight is 1110 g/mol. The van der Waals surface area contributed by atoms with Gasteiger partial charge in [-0.05, 0) is 103 Å². The van der Waals surface area contributed by atoms with Gasteiger partial charge in [-0.3, -0.25) is 14.6 Å². The number of piperazine rings is 2. The zero-order valence-corrected chi connectivity index (χ0v) is 48.4. The number of hydrogen-bond acceptors (Lipinski definition) is 19. The minimum Gasteiger partial charge on any atom is -0.364 e. The maximum atomic E-state index is 16.1. The minimum atomic E-state index is -0.630. The first kappa shape index (κ1) is 55.1. The number of benzene rings is 2. The highest BCUT2D eigenvalue weighted by Crippen LogP contribution is 2.35. The van der Waals surface area contributed by atoms with Crippen LogP contribution in [0.1, 0.15) is 100 Å². The summed E-state index contributed by atoms with van der Waals surface area (Å²) < 4.78 is 8.04. The zero-order valence-electron chi connectivity index (χ0n) is 48.4. The van der Waals surface area contributed by atoms with Crippen LogP contribution in [0.2, 0.25) is 0 Å². The lowest BCUT2D eigenvalue weighted by atomic mass is 9.95. The Hall–Kier alpha value is -7.41. The van der Waals surface area contributed by atoms with E-state index in [9.17, 15) is 0 Å². The maximum Gasteiger partial charge on any atom is 0.229 e. The lowest BCUT2D eigenvalue weighted by molar-refractivity contribution is -0.132. The van der Waals surface area contributed by atoms with Gasteiger partial charge >= 0.3 is 0 Å². The van der Waals surface area contributed by atoms with Crippen molar-refractivity contribution in [2.45, 2.75) is 103 Å². The van der Waals surface area contributed by atoms with Gasteiger partial charge < -0.3 is 50.8 Å². The molecule has 2 atom stereocenters. The second kappa shape index (κ2) is 23.8. The predicted molar refractivity (Wildman–Crippen MR) is 321 cm³/mol. The molecule has 6 N–H and O–H groups in total. The largest absolute Gasteiger partial charge is 0.364 e. The summed E-state index contributed by atoms with van der Waals surface area (Å²) in [4.78, 5) is 59.8. The summed E-state index contributed by atoms with van der Waals surface area (Å²) in [5.41, 5.74) is 20.9. The molecular weight excluding hydrogens is 1030 g/mol. The van der Waals surface area contributed by atoms with Crippen molar-refractivity contribution in [2.75, 3.05) is 113 Å². The van der Waals surface area contributed by atoms with E-state index in [1.54, 1.807) is 0 Å². The van der Waals surface area contributed by atoms with Crippen LogP contribution in [0, 0.1) is 0 Å². The van der Waals surface area contributed by atoms with E-state index in [0.29, 0.717) is 48.0 Å². The number of hydrogen-bond donors (Lipinski definition) is 4. The van der Waals surface area contributed by atoms with Crippen LogP contribution in [0.25, 0.3) is 33.7 Å². The molecule has 0 spiro atoms. The Morgan fingerprint density at radius 2 is 0.927 bits per heavy atom. The number of ketones is 1. The molecule has 23 nitrogen and oxygen atoms in total. The van der Waals surface area contributed by atoms with Crippen molar-refractivity contribution >= 4 is 51.6 Å². The number of carbonyl (C=O) groups excluding carboxylic acids is 1. The Labute approximate surface area is 479 Å². The van der Waals surface area contributed by atoms with Crippen molar-refractivity contribution in [2.24, 2.45) is 11.5 Å². The van der Waals surface area contributed by atoms with E-state index in [-0.39, 0.29) is 30.0 Å². The van der Waals surface area contributed by atoms with Gasteiger partial charge in [-0.25, -0.2) is 19.3 Å². The second-order valence-electron chi connectivity index (χ2n) is 23.4. The summed E-state index contributed by atoms with van der Waals surface area (Å²) in [5.74, 6) is 2.77. The predicted octanol–water partition coefficient (Wildman–Crippen LogP) is 5.42. The molecular formula is C59H80N22O. The van der Waals surface area contributed by atoms with Gasteiger partial charge in [-0.2, -0.15) is 30.1 Å². The normalized spacial score (nSPS) is 18.6. The number of anilines is 4. The van der Waals surface area contributed by atoms with Crippen molar-refractivity contribution in [1.82, 2.24) is 78.2 Å².